The summed E-state index contributed by atoms with van der Waals surface area (Å²) in [5.74, 6) is -0.0620. The lowest BCUT2D eigenvalue weighted by Crippen LogP contribution is -2.01. The monoisotopic (exact) mass is 292 g/mol. The van der Waals surface area contributed by atoms with Crippen LogP contribution in [0.5, 0.6) is 0 Å². The van der Waals surface area contributed by atoms with Crippen molar-refractivity contribution in [3.63, 3.8) is 0 Å². The number of aromatic nitrogens is 4. The van der Waals surface area contributed by atoms with E-state index < -0.39 is 5.97 Å². The fraction of sp³-hybridized carbons (Fsp3) is 0. The van der Waals surface area contributed by atoms with Gasteiger partial charge < -0.3 is 5.11 Å². The number of hydrogen-bond acceptors (Lipinski definition) is 4. The molecular weight excluding hydrogens is 280 g/mol. The van der Waals surface area contributed by atoms with Gasteiger partial charge in [-0.25, -0.2) is 4.79 Å². The maximum absolute atomic E-state index is 10.7. The normalized spacial score (nSPS) is 10.9. The van der Waals surface area contributed by atoms with Crippen molar-refractivity contribution in [2.24, 2.45) is 0 Å². The summed E-state index contributed by atoms with van der Waals surface area (Å²) in [7, 11) is 0. The minimum Gasteiger partial charge on any atom is -0.478 e. The number of carboxylic acids is 1. The molecule has 0 spiro atoms. The highest BCUT2D eigenvalue weighted by Crippen LogP contribution is 2.21. The van der Waals surface area contributed by atoms with E-state index in [1.165, 1.54) is 6.08 Å². The smallest absolute Gasteiger partial charge is 0.328 e. The number of para-hydroxylation sites is 1. The summed E-state index contributed by atoms with van der Waals surface area (Å²) < 4.78 is 1.77. The van der Waals surface area contributed by atoms with Crippen molar-refractivity contribution in [1.82, 2.24) is 19.7 Å². The number of carbonyl (C=O) groups is 1. The first-order chi connectivity index (χ1) is 10.8. The maximum atomic E-state index is 10.7. The third kappa shape index (κ3) is 2.76. The fourth-order valence-electron chi connectivity index (χ4n) is 2.04. The SMILES string of the molecule is O=C(O)/C=C\c1nnc(-c2ccccn2)n1-c1ccccc1. The number of aliphatic carboxylic acids is 1. The molecule has 108 valence electrons. The largest absolute Gasteiger partial charge is 0.478 e. The Morgan fingerprint density at radius 1 is 1.05 bits per heavy atom. The first kappa shape index (κ1) is 13.7. The van der Waals surface area contributed by atoms with Gasteiger partial charge in [0, 0.05) is 18.0 Å². The second kappa shape index (κ2) is 6.01. The highest BCUT2D eigenvalue weighted by Gasteiger charge is 2.14. The Bertz CT molecular complexity index is 811. The third-order valence-corrected chi connectivity index (χ3v) is 2.97. The minimum absolute atomic E-state index is 0.425. The molecule has 2 aromatic heterocycles. The molecule has 3 aromatic rings. The molecule has 1 aromatic carbocycles. The van der Waals surface area contributed by atoms with Crippen molar-refractivity contribution in [1.29, 1.82) is 0 Å². The number of benzene rings is 1. The molecule has 0 saturated heterocycles. The van der Waals surface area contributed by atoms with Crippen LogP contribution in [0.4, 0.5) is 0 Å². The predicted octanol–water partition coefficient (Wildman–Crippen LogP) is 2.43. The Labute approximate surface area is 126 Å². The van der Waals surface area contributed by atoms with Crippen LogP contribution in [0.1, 0.15) is 5.82 Å². The molecule has 0 aliphatic rings. The summed E-state index contributed by atoms with van der Waals surface area (Å²) in [5, 5.41) is 17.0. The molecule has 0 aliphatic carbocycles. The first-order valence-corrected chi connectivity index (χ1v) is 6.59. The van der Waals surface area contributed by atoms with Crippen LogP contribution in [-0.2, 0) is 4.79 Å². The van der Waals surface area contributed by atoms with Crippen LogP contribution in [0.25, 0.3) is 23.3 Å². The summed E-state index contributed by atoms with van der Waals surface area (Å²) >= 11 is 0. The fourth-order valence-corrected chi connectivity index (χ4v) is 2.04. The van der Waals surface area contributed by atoms with Gasteiger partial charge >= 0.3 is 5.97 Å². The Kier molecular flexibility index (Phi) is 3.74. The van der Waals surface area contributed by atoms with Gasteiger partial charge in [0.1, 0.15) is 5.69 Å². The molecule has 0 atom stereocenters. The first-order valence-electron chi connectivity index (χ1n) is 6.59. The zero-order chi connectivity index (χ0) is 15.4. The number of carboxylic acid groups (broad SMARTS) is 1. The van der Waals surface area contributed by atoms with Crippen molar-refractivity contribution in [3.05, 3.63) is 66.6 Å². The van der Waals surface area contributed by atoms with Gasteiger partial charge in [-0.05, 0) is 30.3 Å². The molecular formula is C16H12N4O2. The molecule has 22 heavy (non-hydrogen) atoms. The van der Waals surface area contributed by atoms with Gasteiger partial charge in [0.25, 0.3) is 0 Å². The van der Waals surface area contributed by atoms with E-state index in [2.05, 4.69) is 15.2 Å². The number of nitrogens with zero attached hydrogens (tertiary/aromatic N) is 4. The van der Waals surface area contributed by atoms with Crippen LogP contribution in [0.15, 0.2) is 60.8 Å². The van der Waals surface area contributed by atoms with Gasteiger partial charge in [-0.15, -0.1) is 10.2 Å². The van der Waals surface area contributed by atoms with Gasteiger partial charge in [-0.2, -0.15) is 0 Å². The second-order valence-corrected chi connectivity index (χ2v) is 4.44. The molecule has 0 unspecified atom stereocenters. The Balaban J connectivity index is 2.18. The van der Waals surface area contributed by atoms with E-state index in [0.29, 0.717) is 17.3 Å². The molecule has 0 amide bonds. The Morgan fingerprint density at radius 3 is 2.50 bits per heavy atom. The topological polar surface area (TPSA) is 80.9 Å². The quantitative estimate of drug-likeness (QED) is 0.747. The number of pyridine rings is 1. The zero-order valence-electron chi connectivity index (χ0n) is 11.5. The van der Waals surface area contributed by atoms with E-state index >= 15 is 0 Å². The lowest BCUT2D eigenvalue weighted by atomic mass is 10.3. The molecule has 0 fully saturated rings. The lowest BCUT2D eigenvalue weighted by Gasteiger charge is -2.08. The number of rotatable bonds is 4. The average Bonchev–Trinajstić information content (AvgIpc) is 2.98. The van der Waals surface area contributed by atoms with Crippen LogP contribution in [0, 0.1) is 0 Å². The van der Waals surface area contributed by atoms with E-state index in [0.717, 1.165) is 11.8 Å². The van der Waals surface area contributed by atoms with Gasteiger partial charge in [0.05, 0.1) is 0 Å². The summed E-state index contributed by atoms with van der Waals surface area (Å²) in [5.41, 5.74) is 1.49. The van der Waals surface area contributed by atoms with Gasteiger partial charge in [-0.3, -0.25) is 9.55 Å². The van der Waals surface area contributed by atoms with Crippen LogP contribution >= 0.6 is 0 Å². The molecule has 6 nitrogen and oxygen atoms in total. The van der Waals surface area contributed by atoms with Crippen molar-refractivity contribution < 1.29 is 9.90 Å². The van der Waals surface area contributed by atoms with Gasteiger partial charge in [0.15, 0.2) is 11.6 Å². The predicted molar refractivity (Wildman–Crippen MR) is 81.3 cm³/mol. The maximum Gasteiger partial charge on any atom is 0.328 e. The Morgan fingerprint density at radius 2 is 1.82 bits per heavy atom. The van der Waals surface area contributed by atoms with E-state index in [-0.39, 0.29) is 0 Å². The van der Waals surface area contributed by atoms with E-state index in [4.69, 9.17) is 5.11 Å². The third-order valence-electron chi connectivity index (χ3n) is 2.97. The van der Waals surface area contributed by atoms with E-state index in [1.54, 1.807) is 10.8 Å². The van der Waals surface area contributed by atoms with Gasteiger partial charge in [-0.1, -0.05) is 24.3 Å². The lowest BCUT2D eigenvalue weighted by molar-refractivity contribution is -0.131. The standard InChI is InChI=1S/C16H12N4O2/c21-15(22)10-9-14-18-19-16(13-8-4-5-11-17-13)20(14)12-6-2-1-3-7-12/h1-11H,(H,21,22)/b10-9-. The van der Waals surface area contributed by atoms with E-state index in [9.17, 15) is 4.79 Å². The van der Waals surface area contributed by atoms with Crippen molar-refractivity contribution in [3.8, 4) is 17.2 Å². The van der Waals surface area contributed by atoms with Crippen LogP contribution in [0.3, 0.4) is 0 Å². The highest BCUT2D eigenvalue weighted by molar-refractivity contribution is 5.84. The molecule has 1 N–H and O–H groups in total. The minimum atomic E-state index is -1.04. The van der Waals surface area contributed by atoms with Gasteiger partial charge in [0.2, 0.25) is 0 Å². The second-order valence-electron chi connectivity index (χ2n) is 4.44. The highest BCUT2D eigenvalue weighted by atomic mass is 16.4. The summed E-state index contributed by atoms with van der Waals surface area (Å²) in [6.07, 6.45) is 4.12. The number of hydrogen-bond donors (Lipinski definition) is 1. The molecule has 0 saturated carbocycles. The van der Waals surface area contributed by atoms with Crippen LogP contribution in [-0.4, -0.2) is 30.8 Å². The molecule has 0 bridgehead atoms. The summed E-state index contributed by atoms with van der Waals surface area (Å²) in [6, 6.07) is 15.0. The van der Waals surface area contributed by atoms with Crippen molar-refractivity contribution in [2.45, 2.75) is 0 Å². The van der Waals surface area contributed by atoms with Crippen molar-refractivity contribution in [2.75, 3.05) is 0 Å². The molecule has 0 aliphatic heterocycles. The van der Waals surface area contributed by atoms with Crippen LogP contribution in [0.2, 0.25) is 0 Å². The van der Waals surface area contributed by atoms with Crippen molar-refractivity contribution >= 4 is 12.0 Å². The average molecular weight is 292 g/mol. The molecule has 6 heteroatoms. The van der Waals surface area contributed by atoms with Crippen LogP contribution < -0.4 is 0 Å². The molecule has 2 heterocycles. The zero-order valence-corrected chi connectivity index (χ0v) is 11.5. The summed E-state index contributed by atoms with van der Waals surface area (Å²) in [6.45, 7) is 0. The molecule has 0 radical (unpaired) electrons. The Hall–Kier alpha value is -3.28. The van der Waals surface area contributed by atoms with E-state index in [1.807, 2.05) is 48.5 Å². The summed E-state index contributed by atoms with van der Waals surface area (Å²) in [4.78, 5) is 15.0. The molecule has 3 rings (SSSR count).